The summed E-state index contributed by atoms with van der Waals surface area (Å²) in [6.45, 7) is 11.0. The number of amides is 2. The van der Waals surface area contributed by atoms with E-state index >= 15 is 0 Å². The molecule has 0 bridgehead atoms. The average Bonchev–Trinajstić information content (AvgIpc) is 2.53. The third kappa shape index (κ3) is 6.05. The molecule has 2 amide bonds. The van der Waals surface area contributed by atoms with Crippen LogP contribution in [0.25, 0.3) is 0 Å². The molecule has 0 fully saturated rings. The van der Waals surface area contributed by atoms with Gasteiger partial charge in [-0.2, -0.15) is 0 Å². The number of carbonyl (C=O) groups is 2. The second kappa shape index (κ2) is 9.33. The number of carbonyl (C=O) groups excluding carboxylic acids is 2. The van der Waals surface area contributed by atoms with Crippen molar-refractivity contribution in [3.8, 4) is 0 Å². The standard InChI is InChI=1S/C19H30N2O2/c1-6-17(19(23)20-12-14(3)4)21(18(22)7-2)13-16-10-8-15(5)9-11-16/h8-11,14,17H,6-7,12-13H2,1-5H3,(H,20,23). The molecule has 0 aliphatic heterocycles. The van der Waals surface area contributed by atoms with Crippen LogP contribution < -0.4 is 5.32 Å². The molecule has 0 radical (unpaired) electrons. The van der Waals surface area contributed by atoms with Gasteiger partial charge < -0.3 is 10.2 Å². The molecule has 128 valence electrons. The number of nitrogens with one attached hydrogen (secondary N) is 1. The largest absolute Gasteiger partial charge is 0.354 e. The Morgan fingerprint density at radius 3 is 2.22 bits per heavy atom. The molecule has 0 spiro atoms. The van der Waals surface area contributed by atoms with E-state index in [-0.39, 0.29) is 11.8 Å². The molecular weight excluding hydrogens is 288 g/mol. The Bertz CT molecular complexity index is 509. The average molecular weight is 318 g/mol. The monoisotopic (exact) mass is 318 g/mol. The van der Waals surface area contributed by atoms with Gasteiger partial charge in [0, 0.05) is 19.5 Å². The normalized spacial score (nSPS) is 12.1. The van der Waals surface area contributed by atoms with E-state index in [4.69, 9.17) is 0 Å². The lowest BCUT2D eigenvalue weighted by molar-refractivity contribution is -0.141. The fourth-order valence-electron chi connectivity index (χ4n) is 2.44. The van der Waals surface area contributed by atoms with Gasteiger partial charge in [-0.25, -0.2) is 0 Å². The van der Waals surface area contributed by atoms with E-state index in [0.29, 0.717) is 31.8 Å². The summed E-state index contributed by atoms with van der Waals surface area (Å²) in [6.07, 6.45) is 1.02. The van der Waals surface area contributed by atoms with Gasteiger partial charge in [0.1, 0.15) is 6.04 Å². The van der Waals surface area contributed by atoms with Crippen LogP contribution in [0.4, 0.5) is 0 Å². The summed E-state index contributed by atoms with van der Waals surface area (Å²) >= 11 is 0. The summed E-state index contributed by atoms with van der Waals surface area (Å²) in [6, 6.07) is 7.68. The molecule has 0 saturated heterocycles. The minimum atomic E-state index is -0.414. The first kappa shape index (κ1) is 19.2. The van der Waals surface area contributed by atoms with Crippen molar-refractivity contribution >= 4 is 11.8 Å². The van der Waals surface area contributed by atoms with E-state index in [1.54, 1.807) is 4.90 Å². The first-order valence-corrected chi connectivity index (χ1v) is 8.51. The number of hydrogen-bond acceptors (Lipinski definition) is 2. The van der Waals surface area contributed by atoms with E-state index in [1.165, 1.54) is 5.56 Å². The van der Waals surface area contributed by atoms with E-state index in [9.17, 15) is 9.59 Å². The lowest BCUT2D eigenvalue weighted by atomic mass is 10.1. The van der Waals surface area contributed by atoms with Gasteiger partial charge >= 0.3 is 0 Å². The topological polar surface area (TPSA) is 49.4 Å². The Kier molecular flexibility index (Phi) is 7.79. The number of benzene rings is 1. The Hall–Kier alpha value is -1.84. The summed E-state index contributed by atoms with van der Waals surface area (Å²) in [5.41, 5.74) is 2.23. The predicted molar refractivity (Wildman–Crippen MR) is 93.9 cm³/mol. The van der Waals surface area contributed by atoms with Crippen molar-refractivity contribution in [2.24, 2.45) is 5.92 Å². The van der Waals surface area contributed by atoms with Crippen LogP contribution in [-0.2, 0) is 16.1 Å². The van der Waals surface area contributed by atoms with Gasteiger partial charge in [-0.05, 0) is 24.8 Å². The number of hydrogen-bond donors (Lipinski definition) is 1. The summed E-state index contributed by atoms with van der Waals surface area (Å²) in [4.78, 5) is 26.6. The number of rotatable bonds is 8. The number of aryl methyl sites for hydroxylation is 1. The lowest BCUT2D eigenvalue weighted by Crippen LogP contribution is -2.49. The molecule has 23 heavy (non-hydrogen) atoms. The van der Waals surface area contributed by atoms with Gasteiger partial charge in [0.15, 0.2) is 0 Å². The highest BCUT2D eigenvalue weighted by Gasteiger charge is 2.27. The SMILES string of the molecule is CCC(=O)N(Cc1ccc(C)cc1)C(CC)C(=O)NCC(C)C. The highest BCUT2D eigenvalue weighted by atomic mass is 16.2. The third-order valence-corrected chi connectivity index (χ3v) is 3.85. The lowest BCUT2D eigenvalue weighted by Gasteiger charge is -2.30. The second-order valence-electron chi connectivity index (χ2n) is 6.42. The summed E-state index contributed by atoms with van der Waals surface area (Å²) in [5, 5.41) is 2.95. The molecule has 1 rings (SSSR count). The fraction of sp³-hybridized carbons (Fsp3) is 0.579. The van der Waals surface area contributed by atoms with Gasteiger partial charge in [0.2, 0.25) is 11.8 Å². The minimum Gasteiger partial charge on any atom is -0.354 e. The van der Waals surface area contributed by atoms with Crippen LogP contribution in [0.1, 0.15) is 51.7 Å². The quantitative estimate of drug-likeness (QED) is 0.799. The molecule has 0 aliphatic rings. The van der Waals surface area contributed by atoms with E-state index in [0.717, 1.165) is 5.56 Å². The second-order valence-corrected chi connectivity index (χ2v) is 6.42. The van der Waals surface area contributed by atoms with Crippen LogP contribution in [0, 0.1) is 12.8 Å². The smallest absolute Gasteiger partial charge is 0.242 e. The molecule has 4 nitrogen and oxygen atoms in total. The van der Waals surface area contributed by atoms with Crippen molar-refractivity contribution in [3.63, 3.8) is 0 Å². The summed E-state index contributed by atoms with van der Waals surface area (Å²) in [7, 11) is 0. The zero-order valence-electron chi connectivity index (χ0n) is 15.1. The minimum absolute atomic E-state index is 0.0112. The van der Waals surface area contributed by atoms with Crippen LogP contribution in [0.15, 0.2) is 24.3 Å². The highest BCUT2D eigenvalue weighted by molar-refractivity contribution is 5.87. The van der Waals surface area contributed by atoms with Gasteiger partial charge in [-0.3, -0.25) is 9.59 Å². The Labute approximate surface area is 140 Å². The Morgan fingerprint density at radius 1 is 1.13 bits per heavy atom. The molecule has 0 aliphatic carbocycles. The Balaban J connectivity index is 2.91. The maximum absolute atomic E-state index is 12.5. The molecule has 0 saturated carbocycles. The van der Waals surface area contributed by atoms with Crippen molar-refractivity contribution < 1.29 is 9.59 Å². The van der Waals surface area contributed by atoms with Crippen molar-refractivity contribution in [1.29, 1.82) is 0 Å². The molecule has 1 N–H and O–H groups in total. The number of nitrogens with zero attached hydrogens (tertiary/aromatic N) is 1. The molecule has 1 aromatic carbocycles. The summed E-state index contributed by atoms with van der Waals surface area (Å²) in [5.74, 6) is 0.344. The predicted octanol–water partition coefficient (Wildman–Crippen LogP) is 3.28. The molecular formula is C19H30N2O2. The zero-order valence-corrected chi connectivity index (χ0v) is 15.1. The third-order valence-electron chi connectivity index (χ3n) is 3.85. The molecule has 1 unspecified atom stereocenters. The van der Waals surface area contributed by atoms with Crippen LogP contribution >= 0.6 is 0 Å². The van der Waals surface area contributed by atoms with E-state index in [2.05, 4.69) is 19.2 Å². The van der Waals surface area contributed by atoms with E-state index < -0.39 is 6.04 Å². The van der Waals surface area contributed by atoms with Crippen LogP contribution in [0.5, 0.6) is 0 Å². The molecule has 4 heteroatoms. The first-order chi connectivity index (χ1) is 10.9. The van der Waals surface area contributed by atoms with Crippen LogP contribution in [-0.4, -0.2) is 29.3 Å². The van der Waals surface area contributed by atoms with Crippen LogP contribution in [0.3, 0.4) is 0 Å². The van der Waals surface area contributed by atoms with Crippen molar-refractivity contribution in [2.75, 3.05) is 6.54 Å². The van der Waals surface area contributed by atoms with Gasteiger partial charge in [-0.15, -0.1) is 0 Å². The maximum atomic E-state index is 12.5. The molecule has 1 aromatic rings. The zero-order chi connectivity index (χ0) is 17.4. The van der Waals surface area contributed by atoms with Crippen molar-refractivity contribution in [3.05, 3.63) is 35.4 Å². The molecule has 0 heterocycles. The first-order valence-electron chi connectivity index (χ1n) is 8.51. The van der Waals surface area contributed by atoms with Crippen molar-refractivity contribution in [2.45, 2.75) is 60.0 Å². The fourth-order valence-corrected chi connectivity index (χ4v) is 2.44. The van der Waals surface area contributed by atoms with Crippen LogP contribution in [0.2, 0.25) is 0 Å². The van der Waals surface area contributed by atoms with Crippen molar-refractivity contribution in [1.82, 2.24) is 10.2 Å². The highest BCUT2D eigenvalue weighted by Crippen LogP contribution is 2.14. The van der Waals surface area contributed by atoms with Gasteiger partial charge in [0.05, 0.1) is 0 Å². The maximum Gasteiger partial charge on any atom is 0.242 e. The molecule has 0 aromatic heterocycles. The Morgan fingerprint density at radius 2 is 1.74 bits per heavy atom. The van der Waals surface area contributed by atoms with Gasteiger partial charge in [0.25, 0.3) is 0 Å². The molecule has 1 atom stereocenters. The summed E-state index contributed by atoms with van der Waals surface area (Å²) < 4.78 is 0. The van der Waals surface area contributed by atoms with E-state index in [1.807, 2.05) is 45.0 Å². The van der Waals surface area contributed by atoms with Gasteiger partial charge in [-0.1, -0.05) is 57.5 Å².